The van der Waals surface area contributed by atoms with Crippen molar-refractivity contribution in [1.29, 1.82) is 0 Å². The van der Waals surface area contributed by atoms with Gasteiger partial charge in [0, 0.05) is 30.7 Å². The van der Waals surface area contributed by atoms with Crippen molar-refractivity contribution in [3.8, 4) is 0 Å². The number of piperidine rings is 1. The molecular formula is C16H25Cl2N3O3S. The molecule has 2 N–H and O–H groups in total. The Hall–Kier alpha value is -0.860. The van der Waals surface area contributed by atoms with Crippen LogP contribution >= 0.6 is 24.0 Å². The van der Waals surface area contributed by atoms with E-state index in [9.17, 15) is 13.2 Å². The summed E-state index contributed by atoms with van der Waals surface area (Å²) in [6.07, 6.45) is 2.81. The van der Waals surface area contributed by atoms with E-state index < -0.39 is 10.0 Å². The quantitative estimate of drug-likeness (QED) is 0.806. The third-order valence-corrected chi connectivity index (χ3v) is 6.43. The summed E-state index contributed by atoms with van der Waals surface area (Å²) in [7, 11) is -2.32. The smallest absolute Gasteiger partial charge is 0.243 e. The van der Waals surface area contributed by atoms with Crippen LogP contribution in [0, 0.1) is 0 Å². The van der Waals surface area contributed by atoms with E-state index in [-0.39, 0.29) is 41.8 Å². The summed E-state index contributed by atoms with van der Waals surface area (Å²) >= 11 is 5.79. The molecular weight excluding hydrogens is 385 g/mol. The van der Waals surface area contributed by atoms with Crippen LogP contribution in [0.3, 0.4) is 0 Å². The van der Waals surface area contributed by atoms with Crippen molar-refractivity contribution in [2.24, 2.45) is 5.73 Å². The summed E-state index contributed by atoms with van der Waals surface area (Å²) in [6, 6.07) is 5.74. The summed E-state index contributed by atoms with van der Waals surface area (Å²) in [5, 5.41) is 0.459. The maximum atomic E-state index is 12.6. The van der Waals surface area contributed by atoms with Gasteiger partial charge >= 0.3 is 0 Å². The molecule has 1 aromatic rings. The molecule has 0 bridgehead atoms. The summed E-state index contributed by atoms with van der Waals surface area (Å²) in [6.45, 7) is 2.30. The van der Waals surface area contributed by atoms with Crippen LogP contribution in [0.4, 0.5) is 0 Å². The van der Waals surface area contributed by atoms with Crippen molar-refractivity contribution in [3.63, 3.8) is 0 Å². The van der Waals surface area contributed by atoms with Crippen LogP contribution in [0.25, 0.3) is 0 Å². The molecule has 142 valence electrons. The zero-order chi connectivity index (χ0) is 17.9. The van der Waals surface area contributed by atoms with Crippen molar-refractivity contribution in [2.75, 3.05) is 20.1 Å². The summed E-state index contributed by atoms with van der Waals surface area (Å²) in [4.78, 5) is 14.4. The van der Waals surface area contributed by atoms with Gasteiger partial charge in [0.2, 0.25) is 15.9 Å². The van der Waals surface area contributed by atoms with Crippen LogP contribution in [0.15, 0.2) is 29.2 Å². The Bertz CT molecular complexity index is 680. The van der Waals surface area contributed by atoms with Crippen LogP contribution in [-0.4, -0.2) is 55.8 Å². The Morgan fingerprint density at radius 2 is 1.96 bits per heavy atom. The number of amides is 1. The molecule has 0 saturated carbocycles. The fourth-order valence-electron chi connectivity index (χ4n) is 2.97. The number of sulfonamides is 1. The first-order chi connectivity index (χ1) is 11.2. The minimum absolute atomic E-state index is 0. The highest BCUT2D eigenvalue weighted by Crippen LogP contribution is 2.21. The minimum atomic E-state index is -3.73. The maximum absolute atomic E-state index is 12.6. The third-order valence-electron chi connectivity index (χ3n) is 4.36. The van der Waals surface area contributed by atoms with Crippen molar-refractivity contribution in [3.05, 3.63) is 29.3 Å². The lowest BCUT2D eigenvalue weighted by Gasteiger charge is -2.38. The number of likely N-dealkylation sites (tertiary alicyclic amines) is 1. The molecule has 9 heteroatoms. The van der Waals surface area contributed by atoms with Gasteiger partial charge in [-0.25, -0.2) is 8.42 Å². The van der Waals surface area contributed by atoms with Gasteiger partial charge in [-0.1, -0.05) is 11.6 Å². The van der Waals surface area contributed by atoms with Gasteiger partial charge in [-0.15, -0.1) is 12.4 Å². The molecule has 1 saturated heterocycles. The second kappa shape index (κ2) is 9.19. The van der Waals surface area contributed by atoms with Crippen LogP contribution in [-0.2, 0) is 14.8 Å². The van der Waals surface area contributed by atoms with E-state index in [0.29, 0.717) is 11.6 Å². The molecule has 0 aromatic heterocycles. The fourth-order valence-corrected chi connectivity index (χ4v) is 4.21. The Labute approximate surface area is 160 Å². The topological polar surface area (TPSA) is 83.7 Å². The first kappa shape index (κ1) is 22.2. The molecule has 0 aliphatic carbocycles. The summed E-state index contributed by atoms with van der Waals surface area (Å²) in [5.74, 6) is -0.211. The molecule has 1 aliphatic heterocycles. The molecule has 0 spiro atoms. The zero-order valence-corrected chi connectivity index (χ0v) is 16.8. The lowest BCUT2D eigenvalue weighted by Crippen LogP contribution is -2.54. The van der Waals surface area contributed by atoms with Crippen LogP contribution in [0.2, 0.25) is 5.02 Å². The molecule has 2 unspecified atom stereocenters. The molecule has 1 amide bonds. The van der Waals surface area contributed by atoms with E-state index in [2.05, 4.69) is 0 Å². The Morgan fingerprint density at radius 3 is 2.52 bits per heavy atom. The highest BCUT2D eigenvalue weighted by atomic mass is 35.5. The Kier molecular flexibility index (Phi) is 8.15. The van der Waals surface area contributed by atoms with Gasteiger partial charge in [-0.05, 0) is 50.5 Å². The van der Waals surface area contributed by atoms with E-state index in [1.807, 2.05) is 6.92 Å². The number of likely N-dealkylation sites (N-methyl/N-ethyl adjacent to an activating group) is 1. The molecule has 1 aliphatic rings. The maximum Gasteiger partial charge on any atom is 0.243 e. The largest absolute Gasteiger partial charge is 0.337 e. The molecule has 25 heavy (non-hydrogen) atoms. The van der Waals surface area contributed by atoms with Gasteiger partial charge < -0.3 is 10.6 Å². The molecule has 1 heterocycles. The molecule has 6 nitrogen and oxygen atoms in total. The lowest BCUT2D eigenvalue weighted by atomic mass is 9.97. The second-order valence-corrected chi connectivity index (χ2v) is 8.71. The average Bonchev–Trinajstić information content (AvgIpc) is 2.55. The standard InChI is InChI=1S/C16H24ClN3O3S.ClH/c1-12(18)15-5-3-4-10-20(15)16(21)11-19(2)24(22,23)14-8-6-13(17)7-9-14;/h6-9,12,15H,3-5,10-11,18H2,1-2H3;1H. The highest BCUT2D eigenvalue weighted by Gasteiger charge is 2.31. The van der Waals surface area contributed by atoms with Crippen LogP contribution < -0.4 is 5.73 Å². The number of benzene rings is 1. The Morgan fingerprint density at radius 1 is 1.36 bits per heavy atom. The summed E-state index contributed by atoms with van der Waals surface area (Å²) in [5.41, 5.74) is 5.98. The van der Waals surface area contributed by atoms with Crippen LogP contribution in [0.1, 0.15) is 26.2 Å². The van der Waals surface area contributed by atoms with Crippen molar-refractivity contribution >= 4 is 39.9 Å². The number of rotatable bonds is 5. The normalized spacial score (nSPS) is 19.4. The number of hydrogen-bond donors (Lipinski definition) is 1. The van der Waals surface area contributed by atoms with Gasteiger partial charge in [0.25, 0.3) is 0 Å². The van der Waals surface area contributed by atoms with Gasteiger partial charge in [-0.2, -0.15) is 4.31 Å². The first-order valence-corrected chi connectivity index (χ1v) is 9.82. The monoisotopic (exact) mass is 409 g/mol. The van der Waals surface area contributed by atoms with Gasteiger partial charge in [-0.3, -0.25) is 4.79 Å². The van der Waals surface area contributed by atoms with E-state index in [1.165, 1.54) is 31.3 Å². The number of nitrogens with two attached hydrogens (primary N) is 1. The fraction of sp³-hybridized carbons (Fsp3) is 0.562. The average molecular weight is 410 g/mol. The molecule has 1 fully saturated rings. The summed E-state index contributed by atoms with van der Waals surface area (Å²) < 4.78 is 26.2. The minimum Gasteiger partial charge on any atom is -0.337 e. The number of halogens is 2. The second-order valence-electron chi connectivity index (χ2n) is 6.22. The van der Waals surface area contributed by atoms with E-state index in [4.69, 9.17) is 17.3 Å². The van der Waals surface area contributed by atoms with Gasteiger partial charge in [0.05, 0.1) is 11.4 Å². The number of carbonyl (C=O) groups is 1. The molecule has 2 rings (SSSR count). The van der Waals surface area contributed by atoms with Crippen molar-refractivity contribution < 1.29 is 13.2 Å². The lowest BCUT2D eigenvalue weighted by molar-refractivity contribution is -0.135. The molecule has 2 atom stereocenters. The number of hydrogen-bond acceptors (Lipinski definition) is 4. The highest BCUT2D eigenvalue weighted by molar-refractivity contribution is 7.89. The van der Waals surface area contributed by atoms with Crippen LogP contribution in [0.5, 0.6) is 0 Å². The zero-order valence-electron chi connectivity index (χ0n) is 14.4. The van der Waals surface area contributed by atoms with Crippen molar-refractivity contribution in [2.45, 2.75) is 43.2 Å². The third kappa shape index (κ3) is 5.31. The number of nitrogens with zero attached hydrogens (tertiary/aromatic N) is 2. The van der Waals surface area contributed by atoms with E-state index >= 15 is 0 Å². The predicted octanol–water partition coefficient (Wildman–Crippen LogP) is 2.11. The van der Waals surface area contributed by atoms with Gasteiger partial charge in [0.1, 0.15) is 0 Å². The SMILES string of the molecule is CC(N)C1CCCCN1C(=O)CN(C)S(=O)(=O)c1ccc(Cl)cc1.Cl. The predicted molar refractivity (Wildman–Crippen MR) is 102 cm³/mol. The Balaban J connectivity index is 0.00000312. The molecule has 1 aromatic carbocycles. The van der Waals surface area contributed by atoms with Crippen molar-refractivity contribution in [1.82, 2.24) is 9.21 Å². The first-order valence-electron chi connectivity index (χ1n) is 8.00. The van der Waals surface area contributed by atoms with E-state index in [1.54, 1.807) is 4.90 Å². The van der Waals surface area contributed by atoms with E-state index in [0.717, 1.165) is 23.6 Å². The molecule has 0 radical (unpaired) electrons. The van der Waals surface area contributed by atoms with Gasteiger partial charge in [0.15, 0.2) is 0 Å². The number of carbonyl (C=O) groups excluding carboxylic acids is 1.